The van der Waals surface area contributed by atoms with Crippen LogP contribution >= 0.6 is 0 Å². The number of carbonyl (C=O) groups is 1. The average Bonchev–Trinajstić information content (AvgIpc) is 3.63. The van der Waals surface area contributed by atoms with Crippen LogP contribution in [0, 0.1) is 23.6 Å². The second-order valence-electron chi connectivity index (χ2n) is 9.31. The Hall–Kier alpha value is -2.71. The van der Waals surface area contributed by atoms with E-state index in [2.05, 4.69) is 15.5 Å². The number of halogens is 1. The van der Waals surface area contributed by atoms with E-state index in [0.717, 1.165) is 51.1 Å². The quantitative estimate of drug-likeness (QED) is 0.669. The van der Waals surface area contributed by atoms with Crippen LogP contribution in [0.2, 0.25) is 0 Å². The van der Waals surface area contributed by atoms with Crippen molar-refractivity contribution < 1.29 is 18.7 Å². The predicted molar refractivity (Wildman–Crippen MR) is 109 cm³/mol. The molecule has 0 unspecified atom stereocenters. The Balaban J connectivity index is 1.03. The van der Waals surface area contributed by atoms with E-state index in [-0.39, 0.29) is 11.7 Å². The van der Waals surface area contributed by atoms with Gasteiger partial charge in [0.1, 0.15) is 23.4 Å². The van der Waals surface area contributed by atoms with Crippen molar-refractivity contribution >= 4 is 6.09 Å². The lowest BCUT2D eigenvalue weighted by Crippen LogP contribution is -2.40. The summed E-state index contributed by atoms with van der Waals surface area (Å²) in [6.45, 7) is 4.18. The van der Waals surface area contributed by atoms with Crippen molar-refractivity contribution in [3.8, 4) is 11.4 Å². The van der Waals surface area contributed by atoms with Crippen molar-refractivity contribution in [2.45, 2.75) is 51.0 Å². The van der Waals surface area contributed by atoms with E-state index in [1.807, 2.05) is 11.8 Å². The van der Waals surface area contributed by atoms with Gasteiger partial charge < -0.3 is 14.4 Å². The number of piperidine rings is 1. The summed E-state index contributed by atoms with van der Waals surface area (Å²) in [5.41, 5.74) is 0.0906. The smallest absolute Gasteiger partial charge is 0.410 e. The van der Waals surface area contributed by atoms with Crippen molar-refractivity contribution in [2.75, 3.05) is 19.7 Å². The first-order chi connectivity index (χ1) is 15.0. The van der Waals surface area contributed by atoms with E-state index in [0.29, 0.717) is 29.9 Å². The number of tetrazole rings is 1. The number of nitrogens with zero attached hydrogens (tertiary/aromatic N) is 5. The SMILES string of the molecule is CC1(OC(=O)N2CCC([C@H]3C[C@@H]3CCOc3ccc(-n4cnnn4)c(F)c3)CC2)CC1. The molecule has 2 heterocycles. The van der Waals surface area contributed by atoms with Crippen molar-refractivity contribution in [3.63, 3.8) is 0 Å². The Kier molecular flexibility index (Phi) is 5.27. The summed E-state index contributed by atoms with van der Waals surface area (Å²) >= 11 is 0. The van der Waals surface area contributed by atoms with Crippen LogP contribution in [0.3, 0.4) is 0 Å². The van der Waals surface area contributed by atoms with Crippen molar-refractivity contribution in [1.29, 1.82) is 0 Å². The minimum Gasteiger partial charge on any atom is -0.493 e. The molecule has 0 radical (unpaired) electrons. The van der Waals surface area contributed by atoms with Crippen LogP contribution in [0.4, 0.5) is 9.18 Å². The van der Waals surface area contributed by atoms with Crippen LogP contribution in [0.15, 0.2) is 24.5 Å². The third kappa shape index (κ3) is 4.65. The number of hydrogen-bond donors (Lipinski definition) is 0. The van der Waals surface area contributed by atoms with Crippen molar-refractivity contribution in [1.82, 2.24) is 25.1 Å². The van der Waals surface area contributed by atoms with Gasteiger partial charge in [0.25, 0.3) is 0 Å². The average molecular weight is 429 g/mol. The monoisotopic (exact) mass is 429 g/mol. The van der Waals surface area contributed by atoms with Crippen LogP contribution in [0.25, 0.3) is 5.69 Å². The Labute approximate surface area is 180 Å². The molecule has 2 aliphatic carbocycles. The lowest BCUT2D eigenvalue weighted by Gasteiger charge is -2.32. The number of rotatable bonds is 7. The zero-order valence-electron chi connectivity index (χ0n) is 17.7. The molecule has 5 rings (SSSR count). The Morgan fingerprint density at radius 1 is 1.29 bits per heavy atom. The third-order valence-electron chi connectivity index (χ3n) is 6.94. The number of benzene rings is 1. The third-order valence-corrected chi connectivity index (χ3v) is 6.94. The number of aromatic nitrogens is 4. The minimum absolute atomic E-state index is 0.141. The summed E-state index contributed by atoms with van der Waals surface area (Å²) in [4.78, 5) is 14.1. The predicted octanol–water partition coefficient (Wildman–Crippen LogP) is 3.61. The van der Waals surface area contributed by atoms with E-state index in [4.69, 9.17) is 9.47 Å². The van der Waals surface area contributed by atoms with Crippen molar-refractivity contribution in [3.05, 3.63) is 30.3 Å². The number of ether oxygens (including phenoxy) is 2. The first kappa shape index (κ1) is 20.2. The van der Waals surface area contributed by atoms with E-state index >= 15 is 0 Å². The molecule has 1 aromatic heterocycles. The molecule has 1 aliphatic heterocycles. The molecule has 1 amide bonds. The van der Waals surface area contributed by atoms with E-state index in [9.17, 15) is 9.18 Å². The summed E-state index contributed by atoms with van der Waals surface area (Å²) in [7, 11) is 0. The zero-order chi connectivity index (χ0) is 21.4. The van der Waals surface area contributed by atoms with Crippen LogP contribution in [-0.4, -0.2) is 56.5 Å². The molecule has 1 saturated heterocycles. The summed E-state index contributed by atoms with van der Waals surface area (Å²) in [5, 5.41) is 10.7. The Bertz CT molecular complexity index is 925. The number of amides is 1. The maximum Gasteiger partial charge on any atom is 0.410 e. The van der Waals surface area contributed by atoms with Gasteiger partial charge in [0.2, 0.25) is 0 Å². The second kappa shape index (κ2) is 8.09. The first-order valence-corrected chi connectivity index (χ1v) is 11.1. The molecule has 3 fully saturated rings. The van der Waals surface area contributed by atoms with Gasteiger partial charge in [-0.05, 0) is 85.8 Å². The molecule has 8 nitrogen and oxygen atoms in total. The van der Waals surface area contributed by atoms with E-state index in [1.54, 1.807) is 12.1 Å². The van der Waals surface area contributed by atoms with Gasteiger partial charge in [-0.3, -0.25) is 0 Å². The topological polar surface area (TPSA) is 82.4 Å². The van der Waals surface area contributed by atoms with Gasteiger partial charge in [-0.1, -0.05) is 0 Å². The van der Waals surface area contributed by atoms with Crippen LogP contribution in [-0.2, 0) is 4.74 Å². The zero-order valence-corrected chi connectivity index (χ0v) is 17.7. The summed E-state index contributed by atoms with van der Waals surface area (Å²) < 4.78 is 26.9. The molecule has 2 atom stereocenters. The minimum atomic E-state index is -0.421. The largest absolute Gasteiger partial charge is 0.493 e. The van der Waals surface area contributed by atoms with Gasteiger partial charge in [0.15, 0.2) is 5.82 Å². The molecule has 2 aromatic rings. The van der Waals surface area contributed by atoms with Crippen molar-refractivity contribution in [2.24, 2.45) is 17.8 Å². The summed E-state index contributed by atoms with van der Waals surface area (Å²) in [5.74, 6) is 2.16. The maximum absolute atomic E-state index is 14.3. The molecular formula is C22H28FN5O3. The molecule has 166 valence electrons. The Morgan fingerprint density at radius 3 is 2.77 bits per heavy atom. The van der Waals surface area contributed by atoms with Gasteiger partial charge in [0, 0.05) is 19.2 Å². The number of hydrogen-bond acceptors (Lipinski definition) is 6. The standard InChI is InChI=1S/C22H28FN5O3/c1-22(7-8-22)31-21(29)27-9-4-15(5-10-27)18-12-16(18)6-11-30-17-2-3-20(19(23)13-17)28-14-24-25-26-28/h2-3,13-16,18H,4-12H2,1H3/t16-,18+/m0/s1. The van der Waals surface area contributed by atoms with E-state index < -0.39 is 5.82 Å². The van der Waals surface area contributed by atoms with Gasteiger partial charge >= 0.3 is 6.09 Å². The molecule has 2 saturated carbocycles. The number of carbonyl (C=O) groups excluding carboxylic acids is 1. The molecule has 3 aliphatic rings. The highest BCUT2D eigenvalue weighted by atomic mass is 19.1. The molecule has 1 aromatic carbocycles. The molecule has 9 heteroatoms. The molecule has 0 N–H and O–H groups in total. The first-order valence-electron chi connectivity index (χ1n) is 11.1. The highest BCUT2D eigenvalue weighted by Crippen LogP contribution is 2.50. The van der Waals surface area contributed by atoms with Crippen LogP contribution in [0.1, 0.15) is 45.4 Å². The van der Waals surface area contributed by atoms with Gasteiger partial charge in [-0.2, -0.15) is 4.68 Å². The highest BCUT2D eigenvalue weighted by molar-refractivity contribution is 5.68. The molecule has 0 spiro atoms. The lowest BCUT2D eigenvalue weighted by molar-refractivity contribution is 0.0473. The fourth-order valence-corrected chi connectivity index (χ4v) is 4.61. The van der Waals surface area contributed by atoms with Gasteiger partial charge in [-0.15, -0.1) is 5.10 Å². The van der Waals surface area contributed by atoms with Crippen LogP contribution in [0.5, 0.6) is 5.75 Å². The summed E-state index contributed by atoms with van der Waals surface area (Å²) in [6, 6.07) is 4.73. The van der Waals surface area contributed by atoms with Gasteiger partial charge in [0.05, 0.1) is 6.61 Å². The lowest BCUT2D eigenvalue weighted by atomic mass is 9.91. The second-order valence-corrected chi connectivity index (χ2v) is 9.31. The molecular weight excluding hydrogens is 401 g/mol. The van der Waals surface area contributed by atoms with E-state index in [1.165, 1.54) is 23.5 Å². The normalized spacial score (nSPS) is 24.6. The number of likely N-dealkylation sites (tertiary alicyclic amines) is 1. The highest BCUT2D eigenvalue weighted by Gasteiger charge is 2.45. The van der Waals surface area contributed by atoms with Gasteiger partial charge in [-0.25, -0.2) is 9.18 Å². The molecule has 0 bridgehead atoms. The Morgan fingerprint density at radius 2 is 2.10 bits per heavy atom. The molecule has 31 heavy (non-hydrogen) atoms. The fourth-order valence-electron chi connectivity index (χ4n) is 4.61. The summed E-state index contributed by atoms with van der Waals surface area (Å²) in [6.07, 6.45) is 7.49. The fraction of sp³-hybridized carbons (Fsp3) is 0.636. The maximum atomic E-state index is 14.3. The van der Waals surface area contributed by atoms with Crippen LogP contribution < -0.4 is 4.74 Å².